The molecule has 6 heteroatoms. The summed E-state index contributed by atoms with van der Waals surface area (Å²) >= 11 is 0. The second-order valence-corrected chi connectivity index (χ2v) is 3.77. The number of nitrogens with two attached hydrogens (primary N) is 1. The molecule has 1 aromatic rings. The fraction of sp³-hybridized carbons (Fsp3) is 0.600. The van der Waals surface area contributed by atoms with Gasteiger partial charge >= 0.3 is 0 Å². The van der Waals surface area contributed by atoms with Crippen LogP contribution in [0.4, 0.5) is 5.69 Å². The van der Waals surface area contributed by atoms with E-state index in [1.54, 1.807) is 6.92 Å². The number of H-pyrrole nitrogens is 1. The van der Waals surface area contributed by atoms with Crippen molar-refractivity contribution in [2.24, 2.45) is 0 Å². The summed E-state index contributed by atoms with van der Waals surface area (Å²) in [6.45, 7) is 3.61. The minimum Gasteiger partial charge on any atom is -0.395 e. The predicted octanol–water partition coefficient (Wildman–Crippen LogP) is 0.0550. The van der Waals surface area contributed by atoms with Gasteiger partial charge in [-0.25, -0.2) is 0 Å². The Balaban J connectivity index is 2.76. The third-order valence-electron chi connectivity index (χ3n) is 2.25. The monoisotopic (exact) mass is 226 g/mol. The van der Waals surface area contributed by atoms with Crippen molar-refractivity contribution in [1.82, 2.24) is 15.5 Å². The minimum atomic E-state index is -0.363. The maximum atomic E-state index is 11.7. The van der Waals surface area contributed by atoms with Crippen LogP contribution in [0.25, 0.3) is 0 Å². The molecule has 90 valence electrons. The Morgan fingerprint density at radius 2 is 2.38 bits per heavy atom. The van der Waals surface area contributed by atoms with Gasteiger partial charge in [0, 0.05) is 6.04 Å². The number of aromatic amines is 1. The highest BCUT2D eigenvalue weighted by atomic mass is 16.3. The standard InChI is InChI=1S/C10H18N4O2/c1-3-4-7-8(11)9(14-13-7)10(16)12-6(2)5-15/h6,15H,3-5,11H2,1-2H3,(H,12,16)(H,13,14). The molecule has 1 unspecified atom stereocenters. The first kappa shape index (κ1) is 12.5. The van der Waals surface area contributed by atoms with Crippen LogP contribution in [0.3, 0.4) is 0 Å². The zero-order chi connectivity index (χ0) is 12.1. The van der Waals surface area contributed by atoms with Gasteiger partial charge in [0.25, 0.3) is 5.91 Å². The lowest BCUT2D eigenvalue weighted by Crippen LogP contribution is -2.35. The Bertz CT molecular complexity index is 362. The maximum Gasteiger partial charge on any atom is 0.274 e. The number of aliphatic hydroxyl groups excluding tert-OH is 1. The van der Waals surface area contributed by atoms with Gasteiger partial charge in [-0.05, 0) is 13.3 Å². The third kappa shape index (κ3) is 2.73. The van der Waals surface area contributed by atoms with Gasteiger partial charge in [0.2, 0.25) is 0 Å². The lowest BCUT2D eigenvalue weighted by Gasteiger charge is -2.09. The van der Waals surface area contributed by atoms with Crippen LogP contribution in [0.2, 0.25) is 0 Å². The number of carbonyl (C=O) groups excluding carboxylic acids is 1. The Kier molecular flexibility index (Phi) is 4.30. The Hall–Kier alpha value is -1.56. The number of carbonyl (C=O) groups is 1. The number of nitrogens with one attached hydrogen (secondary N) is 2. The average molecular weight is 226 g/mol. The van der Waals surface area contributed by atoms with E-state index >= 15 is 0 Å². The number of aryl methyl sites for hydroxylation is 1. The smallest absolute Gasteiger partial charge is 0.274 e. The summed E-state index contributed by atoms with van der Waals surface area (Å²) in [6, 6.07) is -0.307. The highest BCUT2D eigenvalue weighted by molar-refractivity contribution is 5.97. The van der Waals surface area contributed by atoms with Crippen LogP contribution in [0.15, 0.2) is 0 Å². The van der Waals surface area contributed by atoms with Crippen LogP contribution in [0.5, 0.6) is 0 Å². The van der Waals surface area contributed by atoms with Crippen LogP contribution in [-0.4, -0.2) is 33.9 Å². The van der Waals surface area contributed by atoms with Crippen molar-refractivity contribution >= 4 is 11.6 Å². The van der Waals surface area contributed by atoms with Gasteiger partial charge in [-0.2, -0.15) is 5.10 Å². The van der Waals surface area contributed by atoms with Crippen LogP contribution in [0, 0.1) is 0 Å². The summed E-state index contributed by atoms with van der Waals surface area (Å²) in [6.07, 6.45) is 1.70. The van der Waals surface area contributed by atoms with Gasteiger partial charge < -0.3 is 16.2 Å². The molecule has 5 N–H and O–H groups in total. The van der Waals surface area contributed by atoms with Crippen molar-refractivity contribution in [2.45, 2.75) is 32.7 Å². The van der Waals surface area contributed by atoms with Gasteiger partial charge in [-0.1, -0.05) is 13.3 Å². The molecule has 0 aliphatic rings. The van der Waals surface area contributed by atoms with Crippen LogP contribution < -0.4 is 11.1 Å². The summed E-state index contributed by atoms with van der Waals surface area (Å²) in [5, 5.41) is 18.0. The van der Waals surface area contributed by atoms with Crippen LogP contribution in [0.1, 0.15) is 36.5 Å². The lowest BCUT2D eigenvalue weighted by atomic mass is 10.2. The number of aromatic nitrogens is 2. The summed E-state index contributed by atoms with van der Waals surface area (Å²) in [7, 11) is 0. The van der Waals surface area contributed by atoms with Crippen molar-refractivity contribution in [3.8, 4) is 0 Å². The molecule has 0 saturated heterocycles. The molecule has 1 atom stereocenters. The van der Waals surface area contributed by atoms with E-state index < -0.39 is 0 Å². The molecular formula is C10H18N4O2. The SMILES string of the molecule is CCCc1[nH]nc(C(=O)NC(C)CO)c1N. The molecule has 16 heavy (non-hydrogen) atoms. The van der Waals surface area contributed by atoms with E-state index in [-0.39, 0.29) is 24.2 Å². The first-order chi connectivity index (χ1) is 7.60. The van der Waals surface area contributed by atoms with Crippen molar-refractivity contribution < 1.29 is 9.90 Å². The molecule has 0 aliphatic carbocycles. The highest BCUT2D eigenvalue weighted by Crippen LogP contribution is 2.15. The summed E-state index contributed by atoms with van der Waals surface area (Å²) in [5.74, 6) is -0.363. The van der Waals surface area contributed by atoms with Gasteiger partial charge in [-0.15, -0.1) is 0 Å². The fourth-order valence-corrected chi connectivity index (χ4v) is 1.34. The molecule has 0 spiro atoms. The molecule has 6 nitrogen and oxygen atoms in total. The number of aliphatic hydroxyl groups is 1. The molecule has 1 rings (SSSR count). The highest BCUT2D eigenvalue weighted by Gasteiger charge is 2.17. The summed E-state index contributed by atoms with van der Waals surface area (Å²) < 4.78 is 0. The second kappa shape index (κ2) is 5.50. The van der Waals surface area contributed by atoms with E-state index in [1.165, 1.54) is 0 Å². The van der Waals surface area contributed by atoms with Crippen LogP contribution in [-0.2, 0) is 6.42 Å². The molecule has 0 radical (unpaired) electrons. The Morgan fingerprint density at radius 3 is 2.94 bits per heavy atom. The first-order valence-corrected chi connectivity index (χ1v) is 5.34. The van der Waals surface area contributed by atoms with E-state index in [2.05, 4.69) is 15.5 Å². The molecule has 0 aliphatic heterocycles. The number of amides is 1. The third-order valence-corrected chi connectivity index (χ3v) is 2.25. The van der Waals surface area contributed by atoms with Crippen molar-refractivity contribution in [3.63, 3.8) is 0 Å². The fourth-order valence-electron chi connectivity index (χ4n) is 1.34. The quantitative estimate of drug-likeness (QED) is 0.569. The first-order valence-electron chi connectivity index (χ1n) is 5.34. The molecule has 0 aromatic carbocycles. The number of rotatable bonds is 5. The van der Waals surface area contributed by atoms with E-state index in [0.29, 0.717) is 5.69 Å². The zero-order valence-corrected chi connectivity index (χ0v) is 9.58. The Labute approximate surface area is 94.2 Å². The molecule has 0 saturated carbocycles. The number of anilines is 1. The maximum absolute atomic E-state index is 11.7. The van der Waals surface area contributed by atoms with Gasteiger partial charge in [-0.3, -0.25) is 9.89 Å². The molecule has 1 aromatic heterocycles. The van der Waals surface area contributed by atoms with E-state index in [1.807, 2.05) is 6.92 Å². The molecule has 1 heterocycles. The Morgan fingerprint density at radius 1 is 1.69 bits per heavy atom. The number of nitrogens with zero attached hydrogens (tertiary/aromatic N) is 1. The number of hydrogen-bond acceptors (Lipinski definition) is 4. The van der Waals surface area contributed by atoms with E-state index in [9.17, 15) is 4.79 Å². The lowest BCUT2D eigenvalue weighted by molar-refractivity contribution is 0.0918. The summed E-state index contributed by atoms with van der Waals surface area (Å²) in [5.41, 5.74) is 7.16. The van der Waals surface area contributed by atoms with Crippen molar-refractivity contribution in [3.05, 3.63) is 11.4 Å². The predicted molar refractivity (Wildman–Crippen MR) is 61.0 cm³/mol. The van der Waals surface area contributed by atoms with Gasteiger partial charge in [0.1, 0.15) is 0 Å². The molecule has 1 amide bonds. The average Bonchev–Trinajstić information content (AvgIpc) is 2.61. The topological polar surface area (TPSA) is 104 Å². The number of hydrogen-bond donors (Lipinski definition) is 4. The minimum absolute atomic E-state index is 0.113. The van der Waals surface area contributed by atoms with Crippen molar-refractivity contribution in [1.29, 1.82) is 0 Å². The van der Waals surface area contributed by atoms with Crippen LogP contribution >= 0.6 is 0 Å². The summed E-state index contributed by atoms with van der Waals surface area (Å²) in [4.78, 5) is 11.7. The van der Waals surface area contributed by atoms with Crippen molar-refractivity contribution in [2.75, 3.05) is 12.3 Å². The van der Waals surface area contributed by atoms with Gasteiger partial charge in [0.15, 0.2) is 5.69 Å². The van der Waals surface area contributed by atoms with Gasteiger partial charge in [0.05, 0.1) is 18.0 Å². The zero-order valence-electron chi connectivity index (χ0n) is 9.58. The van der Waals surface area contributed by atoms with E-state index in [4.69, 9.17) is 10.8 Å². The largest absolute Gasteiger partial charge is 0.395 e. The molecular weight excluding hydrogens is 208 g/mol. The van der Waals surface area contributed by atoms with E-state index in [0.717, 1.165) is 18.5 Å². The molecule has 0 bridgehead atoms. The number of nitrogen functional groups attached to an aromatic ring is 1. The molecule has 0 fully saturated rings. The normalized spacial score (nSPS) is 12.4. The second-order valence-electron chi connectivity index (χ2n) is 3.77.